The van der Waals surface area contributed by atoms with Crippen LogP contribution in [0.3, 0.4) is 0 Å². The van der Waals surface area contributed by atoms with Gasteiger partial charge in [-0.2, -0.15) is 0 Å². The minimum absolute atomic E-state index is 0.156. The highest BCUT2D eigenvalue weighted by molar-refractivity contribution is 5.76. The Labute approximate surface area is 343 Å². The molecule has 0 radical (unpaired) electrons. The Morgan fingerprint density at radius 1 is 0.455 bits per heavy atom. The topological polar surface area (TPSA) is 89.8 Å². The van der Waals surface area contributed by atoms with E-state index < -0.39 is 18.2 Å². The normalized spacial score (nSPS) is 13.8. The fourth-order valence-corrected chi connectivity index (χ4v) is 7.43. The van der Waals surface area contributed by atoms with Crippen molar-refractivity contribution in [2.75, 3.05) is 6.61 Å². The molecule has 0 bridgehead atoms. The number of unbranched alkanes of at least 4 members (excludes halogenated alkanes) is 30. The van der Waals surface area contributed by atoms with Crippen LogP contribution in [0, 0.1) is 0 Å². The third-order valence-electron chi connectivity index (χ3n) is 11.2. The SMILES string of the molecule is CCCCC/C=C/CCCC(O)C(O)C(CO)NC(=O)CCCCCCCCCCCCCCCCCCC/C=C\C/C=C\CCCCCCCCCCC. The molecule has 324 valence electrons. The van der Waals surface area contributed by atoms with Gasteiger partial charge in [-0.05, 0) is 70.6 Å². The molecule has 5 nitrogen and oxygen atoms in total. The average molecular weight is 774 g/mol. The predicted octanol–water partition coefficient (Wildman–Crippen LogP) is 14.3. The van der Waals surface area contributed by atoms with E-state index >= 15 is 0 Å². The van der Waals surface area contributed by atoms with Crippen molar-refractivity contribution in [2.45, 2.75) is 270 Å². The van der Waals surface area contributed by atoms with Crippen molar-refractivity contribution in [1.82, 2.24) is 5.32 Å². The molecule has 1 amide bonds. The average Bonchev–Trinajstić information content (AvgIpc) is 3.19. The minimum atomic E-state index is -1.16. The molecule has 0 aromatic heterocycles. The van der Waals surface area contributed by atoms with E-state index in [1.165, 1.54) is 180 Å². The third-order valence-corrected chi connectivity index (χ3v) is 11.2. The number of allylic oxidation sites excluding steroid dienone is 6. The lowest BCUT2D eigenvalue weighted by molar-refractivity contribution is -0.124. The van der Waals surface area contributed by atoms with Crippen molar-refractivity contribution < 1.29 is 20.1 Å². The van der Waals surface area contributed by atoms with Crippen LogP contribution in [0.15, 0.2) is 36.5 Å². The second-order valence-electron chi connectivity index (χ2n) is 16.7. The molecular formula is C50H95NO4. The molecule has 0 aliphatic carbocycles. The third kappa shape index (κ3) is 40.6. The summed E-state index contributed by atoms with van der Waals surface area (Å²) in [6, 6.07) is -0.822. The van der Waals surface area contributed by atoms with Crippen molar-refractivity contribution in [3.8, 4) is 0 Å². The molecule has 0 aliphatic heterocycles. The van der Waals surface area contributed by atoms with Gasteiger partial charge in [-0.25, -0.2) is 0 Å². The van der Waals surface area contributed by atoms with Gasteiger partial charge in [0.1, 0.15) is 6.10 Å². The Kier molecular flexibility index (Phi) is 44.1. The number of hydrogen-bond acceptors (Lipinski definition) is 4. The number of aliphatic hydroxyl groups is 3. The first-order valence-corrected chi connectivity index (χ1v) is 24.3. The van der Waals surface area contributed by atoms with Gasteiger partial charge in [0.05, 0.1) is 18.8 Å². The lowest BCUT2D eigenvalue weighted by atomic mass is 10.0. The van der Waals surface area contributed by atoms with Gasteiger partial charge in [-0.3, -0.25) is 4.79 Å². The zero-order valence-corrected chi connectivity index (χ0v) is 36.8. The van der Waals surface area contributed by atoms with Crippen LogP contribution < -0.4 is 5.32 Å². The lowest BCUT2D eigenvalue weighted by Gasteiger charge is -2.26. The van der Waals surface area contributed by atoms with Crippen molar-refractivity contribution in [3.63, 3.8) is 0 Å². The van der Waals surface area contributed by atoms with Gasteiger partial charge in [0, 0.05) is 6.42 Å². The monoisotopic (exact) mass is 774 g/mol. The predicted molar refractivity (Wildman–Crippen MR) is 241 cm³/mol. The molecule has 4 N–H and O–H groups in total. The number of aliphatic hydroxyl groups excluding tert-OH is 3. The fraction of sp³-hybridized carbons (Fsp3) is 0.860. The summed E-state index contributed by atoms with van der Waals surface area (Å²) in [4.78, 5) is 12.4. The van der Waals surface area contributed by atoms with Crippen molar-refractivity contribution in [1.29, 1.82) is 0 Å². The van der Waals surface area contributed by atoms with Crippen LogP contribution in [0.4, 0.5) is 0 Å². The van der Waals surface area contributed by atoms with Crippen molar-refractivity contribution >= 4 is 5.91 Å². The van der Waals surface area contributed by atoms with Crippen LogP contribution in [-0.4, -0.2) is 46.1 Å². The second kappa shape index (κ2) is 45.3. The molecule has 3 atom stereocenters. The van der Waals surface area contributed by atoms with E-state index in [1.807, 2.05) is 0 Å². The minimum Gasteiger partial charge on any atom is -0.394 e. The summed E-state index contributed by atoms with van der Waals surface area (Å²) in [5, 5.41) is 33.3. The van der Waals surface area contributed by atoms with E-state index in [0.29, 0.717) is 12.8 Å². The molecule has 0 rings (SSSR count). The number of carbonyl (C=O) groups is 1. The molecule has 0 aliphatic rings. The van der Waals surface area contributed by atoms with Crippen LogP contribution in [0.1, 0.15) is 251 Å². The first-order chi connectivity index (χ1) is 27.1. The van der Waals surface area contributed by atoms with E-state index in [2.05, 4.69) is 55.6 Å². The molecule has 0 spiro atoms. The number of rotatable bonds is 44. The van der Waals surface area contributed by atoms with E-state index in [1.54, 1.807) is 0 Å². The highest BCUT2D eigenvalue weighted by Crippen LogP contribution is 2.16. The van der Waals surface area contributed by atoms with Crippen LogP contribution in [0.5, 0.6) is 0 Å². The van der Waals surface area contributed by atoms with Gasteiger partial charge in [0.25, 0.3) is 0 Å². The van der Waals surface area contributed by atoms with Crippen LogP contribution in [0.25, 0.3) is 0 Å². The van der Waals surface area contributed by atoms with Gasteiger partial charge < -0.3 is 20.6 Å². The highest BCUT2D eigenvalue weighted by Gasteiger charge is 2.26. The number of hydrogen-bond donors (Lipinski definition) is 4. The van der Waals surface area contributed by atoms with E-state index in [4.69, 9.17) is 0 Å². The Hall–Kier alpha value is -1.43. The zero-order chi connectivity index (χ0) is 40.1. The van der Waals surface area contributed by atoms with Gasteiger partial charge >= 0.3 is 0 Å². The van der Waals surface area contributed by atoms with E-state index in [9.17, 15) is 20.1 Å². The maximum absolute atomic E-state index is 12.4. The Morgan fingerprint density at radius 2 is 0.782 bits per heavy atom. The maximum Gasteiger partial charge on any atom is 0.220 e. The molecule has 0 aromatic carbocycles. The summed E-state index contributed by atoms with van der Waals surface area (Å²) in [6.07, 6.45) is 57.4. The molecule has 0 saturated carbocycles. The summed E-state index contributed by atoms with van der Waals surface area (Å²) in [6.45, 7) is 4.11. The Bertz CT molecular complexity index is 855. The number of carbonyl (C=O) groups excluding carboxylic acids is 1. The molecule has 0 fully saturated rings. The van der Waals surface area contributed by atoms with Gasteiger partial charge in [0.15, 0.2) is 0 Å². The summed E-state index contributed by atoms with van der Waals surface area (Å²) >= 11 is 0. The fourth-order valence-electron chi connectivity index (χ4n) is 7.43. The Balaban J connectivity index is 3.46. The number of amides is 1. The summed E-state index contributed by atoms with van der Waals surface area (Å²) < 4.78 is 0. The lowest BCUT2D eigenvalue weighted by Crippen LogP contribution is -2.50. The summed E-state index contributed by atoms with van der Waals surface area (Å²) in [7, 11) is 0. The summed E-state index contributed by atoms with van der Waals surface area (Å²) in [5.74, 6) is -0.156. The smallest absolute Gasteiger partial charge is 0.220 e. The van der Waals surface area contributed by atoms with Crippen LogP contribution in [-0.2, 0) is 4.79 Å². The largest absolute Gasteiger partial charge is 0.394 e. The van der Waals surface area contributed by atoms with Gasteiger partial charge in [-0.15, -0.1) is 0 Å². The highest BCUT2D eigenvalue weighted by atomic mass is 16.3. The van der Waals surface area contributed by atoms with Crippen LogP contribution >= 0.6 is 0 Å². The molecule has 0 saturated heterocycles. The zero-order valence-electron chi connectivity index (χ0n) is 36.8. The quantitative estimate of drug-likeness (QED) is 0.0367. The van der Waals surface area contributed by atoms with E-state index in [0.717, 1.165) is 44.9 Å². The molecule has 5 heteroatoms. The molecule has 3 unspecified atom stereocenters. The molecular weight excluding hydrogens is 679 g/mol. The molecule has 0 aromatic rings. The molecule has 55 heavy (non-hydrogen) atoms. The molecule has 0 heterocycles. The van der Waals surface area contributed by atoms with E-state index in [-0.39, 0.29) is 12.5 Å². The van der Waals surface area contributed by atoms with Crippen molar-refractivity contribution in [3.05, 3.63) is 36.5 Å². The van der Waals surface area contributed by atoms with Gasteiger partial charge in [-0.1, -0.05) is 211 Å². The van der Waals surface area contributed by atoms with Crippen molar-refractivity contribution in [2.24, 2.45) is 0 Å². The standard InChI is InChI=1S/C50H95NO4/c1-3-5-7-9-11-13-14-15-16-17-18-19-20-21-22-23-24-25-26-27-28-29-30-31-32-33-34-35-36-37-39-41-43-45-49(54)51-47(46-52)50(55)48(53)44-42-40-38-12-10-8-6-4-2/h12,18-19,21-22,38,47-48,50,52-53,55H,3-11,13-17,20,23-37,39-46H2,1-2H3,(H,51,54)/b19-18-,22-21-,38-12+. The van der Waals surface area contributed by atoms with Crippen LogP contribution in [0.2, 0.25) is 0 Å². The first kappa shape index (κ1) is 53.6. The maximum atomic E-state index is 12.4. The first-order valence-electron chi connectivity index (χ1n) is 24.3. The number of nitrogens with one attached hydrogen (secondary N) is 1. The summed E-state index contributed by atoms with van der Waals surface area (Å²) in [5.41, 5.74) is 0. The second-order valence-corrected chi connectivity index (χ2v) is 16.7. The van der Waals surface area contributed by atoms with Gasteiger partial charge in [0.2, 0.25) is 5.91 Å². The Morgan fingerprint density at radius 3 is 1.20 bits per heavy atom.